The van der Waals surface area contributed by atoms with Gasteiger partial charge in [0, 0.05) is 23.2 Å². The van der Waals surface area contributed by atoms with E-state index in [1.54, 1.807) is 6.07 Å². The smallest absolute Gasteiger partial charge is 0.118 e. The van der Waals surface area contributed by atoms with Crippen LogP contribution in [0.4, 0.5) is 0 Å². The predicted molar refractivity (Wildman–Crippen MR) is 159 cm³/mol. The average molecular weight is 504 g/mol. The SMILES string of the molecule is C=C(O)c1ccc(/C(=C(\C)C2=CC=C3CC(=C2)C=CC(c2ccc(O)c(C)c2)=N3)C2CCCCC2)c(C)c1. The van der Waals surface area contributed by atoms with Gasteiger partial charge in [0.1, 0.15) is 11.5 Å². The standard InChI is InChI=1S/C35H37NO2/c1-22-18-29(25(4)37)12-15-32(22)35(27-8-6-5-7-9-27)24(3)28-11-14-31-21-26(20-28)10-16-33(36-31)30-13-17-34(38)23(2)19-30/h10-20,27,37-38H,4-9,21H2,1-3H3/b35-24+. The Morgan fingerprint density at radius 2 is 1.74 bits per heavy atom. The number of nitrogens with zero attached hydrogens (tertiary/aromatic N) is 1. The van der Waals surface area contributed by atoms with Crippen molar-refractivity contribution in [3.8, 4) is 5.75 Å². The summed E-state index contributed by atoms with van der Waals surface area (Å²) >= 11 is 0. The van der Waals surface area contributed by atoms with E-state index >= 15 is 0 Å². The fraction of sp³-hybridized carbons (Fsp3) is 0.286. The van der Waals surface area contributed by atoms with Crippen LogP contribution in [0.15, 0.2) is 101 Å². The third-order valence-electron chi connectivity index (χ3n) is 8.09. The van der Waals surface area contributed by atoms with Gasteiger partial charge in [0.25, 0.3) is 0 Å². The molecule has 0 atom stereocenters. The van der Waals surface area contributed by atoms with E-state index in [0.29, 0.717) is 11.7 Å². The van der Waals surface area contributed by atoms with Gasteiger partial charge in [-0.2, -0.15) is 0 Å². The molecule has 1 saturated carbocycles. The second-order valence-electron chi connectivity index (χ2n) is 10.9. The molecule has 2 aliphatic carbocycles. The van der Waals surface area contributed by atoms with Crippen LogP contribution in [-0.4, -0.2) is 15.9 Å². The Hall–Kier alpha value is -3.85. The van der Waals surface area contributed by atoms with E-state index in [1.165, 1.54) is 65.5 Å². The lowest BCUT2D eigenvalue weighted by molar-refractivity contribution is 0.428. The van der Waals surface area contributed by atoms with E-state index in [1.807, 2.05) is 25.1 Å². The van der Waals surface area contributed by atoms with Gasteiger partial charge < -0.3 is 10.2 Å². The minimum atomic E-state index is 0.111. The van der Waals surface area contributed by atoms with Gasteiger partial charge in [-0.1, -0.05) is 56.2 Å². The molecule has 3 heteroatoms. The van der Waals surface area contributed by atoms with Crippen molar-refractivity contribution in [3.63, 3.8) is 0 Å². The number of aromatic hydroxyl groups is 1. The summed E-state index contributed by atoms with van der Waals surface area (Å²) in [4.78, 5) is 5.00. The second-order valence-corrected chi connectivity index (χ2v) is 10.9. The molecule has 0 amide bonds. The molecule has 0 spiro atoms. The lowest BCUT2D eigenvalue weighted by atomic mass is 9.76. The zero-order valence-corrected chi connectivity index (χ0v) is 22.7. The quantitative estimate of drug-likeness (QED) is 0.400. The summed E-state index contributed by atoms with van der Waals surface area (Å²) in [6.45, 7) is 10.0. The Balaban J connectivity index is 1.58. The van der Waals surface area contributed by atoms with Crippen molar-refractivity contribution in [3.05, 3.63) is 124 Å². The van der Waals surface area contributed by atoms with Crippen LogP contribution in [0.2, 0.25) is 0 Å². The van der Waals surface area contributed by atoms with Gasteiger partial charge in [0.05, 0.1) is 5.71 Å². The van der Waals surface area contributed by atoms with Crippen molar-refractivity contribution >= 4 is 17.0 Å². The molecule has 2 N–H and O–H groups in total. The van der Waals surface area contributed by atoms with Crippen LogP contribution in [0.3, 0.4) is 0 Å². The number of phenolic OH excluding ortho intramolecular Hbond substituents is 1. The highest BCUT2D eigenvalue weighted by Gasteiger charge is 2.24. The number of allylic oxidation sites excluding steroid dienone is 9. The maximum absolute atomic E-state index is 9.94. The molecule has 0 radical (unpaired) electrons. The van der Waals surface area contributed by atoms with Gasteiger partial charge in [0.2, 0.25) is 0 Å². The van der Waals surface area contributed by atoms with Crippen LogP contribution < -0.4 is 0 Å². The van der Waals surface area contributed by atoms with Gasteiger partial charge in [-0.3, -0.25) is 4.99 Å². The predicted octanol–water partition coefficient (Wildman–Crippen LogP) is 9.09. The largest absolute Gasteiger partial charge is 0.508 e. The van der Waals surface area contributed by atoms with E-state index in [-0.39, 0.29) is 5.76 Å². The molecule has 1 aliphatic heterocycles. The minimum Gasteiger partial charge on any atom is -0.508 e. The van der Waals surface area contributed by atoms with Crippen molar-refractivity contribution in [2.45, 2.75) is 59.3 Å². The molecule has 194 valence electrons. The monoisotopic (exact) mass is 503 g/mol. The zero-order chi connectivity index (χ0) is 26.8. The molecule has 3 aliphatic rings. The molecule has 1 fully saturated rings. The lowest BCUT2D eigenvalue weighted by Gasteiger charge is -2.28. The molecular formula is C35H37NO2. The van der Waals surface area contributed by atoms with Crippen molar-refractivity contribution in [2.24, 2.45) is 10.9 Å². The topological polar surface area (TPSA) is 52.8 Å². The van der Waals surface area contributed by atoms with Crippen molar-refractivity contribution < 1.29 is 10.2 Å². The van der Waals surface area contributed by atoms with Crippen molar-refractivity contribution in [1.29, 1.82) is 0 Å². The molecule has 1 heterocycles. The Morgan fingerprint density at radius 3 is 2.45 bits per heavy atom. The molecule has 2 aromatic carbocycles. The number of fused-ring (bicyclic) bond motifs is 2. The number of hydrogen-bond acceptors (Lipinski definition) is 3. The number of aliphatic hydroxyl groups excluding tert-OH is 1. The van der Waals surface area contributed by atoms with Crippen LogP contribution in [-0.2, 0) is 0 Å². The Morgan fingerprint density at radius 1 is 0.947 bits per heavy atom. The third-order valence-corrected chi connectivity index (χ3v) is 8.09. The minimum absolute atomic E-state index is 0.111. The highest BCUT2D eigenvalue weighted by atomic mass is 16.3. The summed E-state index contributed by atoms with van der Waals surface area (Å²) in [5.41, 5.74) is 12.2. The van der Waals surface area contributed by atoms with E-state index < -0.39 is 0 Å². The van der Waals surface area contributed by atoms with Crippen LogP contribution in [0.25, 0.3) is 11.3 Å². The summed E-state index contributed by atoms with van der Waals surface area (Å²) in [5, 5.41) is 19.9. The molecule has 5 rings (SSSR count). The van der Waals surface area contributed by atoms with Gasteiger partial charge in [0.15, 0.2) is 0 Å². The highest BCUT2D eigenvalue weighted by Crippen LogP contribution is 2.41. The molecule has 2 bridgehead atoms. The first-order valence-electron chi connectivity index (χ1n) is 13.7. The number of aliphatic hydroxyl groups is 1. The molecule has 0 saturated heterocycles. The first kappa shape index (κ1) is 25.8. The van der Waals surface area contributed by atoms with E-state index in [4.69, 9.17) is 4.99 Å². The van der Waals surface area contributed by atoms with E-state index in [9.17, 15) is 10.2 Å². The Labute approximate surface area is 226 Å². The summed E-state index contributed by atoms with van der Waals surface area (Å²) in [6.07, 6.45) is 18.0. The second kappa shape index (κ2) is 10.9. The normalized spacial score (nSPS) is 18.4. The molecule has 0 unspecified atom stereocenters. The van der Waals surface area contributed by atoms with Crippen LogP contribution in [0.5, 0.6) is 5.75 Å². The maximum atomic E-state index is 9.94. The number of rotatable bonds is 5. The van der Waals surface area contributed by atoms with Crippen LogP contribution >= 0.6 is 0 Å². The van der Waals surface area contributed by atoms with E-state index in [2.05, 4.69) is 62.9 Å². The van der Waals surface area contributed by atoms with Crippen LogP contribution in [0, 0.1) is 19.8 Å². The number of hydrogen-bond donors (Lipinski definition) is 2. The van der Waals surface area contributed by atoms with Gasteiger partial charge in [-0.05, 0) is 115 Å². The highest BCUT2D eigenvalue weighted by molar-refractivity contribution is 6.10. The number of phenols is 1. The first-order valence-corrected chi connectivity index (χ1v) is 13.7. The molecular weight excluding hydrogens is 466 g/mol. The maximum Gasteiger partial charge on any atom is 0.118 e. The lowest BCUT2D eigenvalue weighted by Crippen LogP contribution is -2.12. The summed E-state index contributed by atoms with van der Waals surface area (Å²) < 4.78 is 0. The average Bonchev–Trinajstić information content (AvgIpc) is 3.25. The summed E-state index contributed by atoms with van der Waals surface area (Å²) in [6, 6.07) is 11.9. The molecule has 3 nitrogen and oxygen atoms in total. The van der Waals surface area contributed by atoms with Gasteiger partial charge >= 0.3 is 0 Å². The molecule has 0 aromatic heterocycles. The summed E-state index contributed by atoms with van der Waals surface area (Å²) in [7, 11) is 0. The zero-order valence-electron chi connectivity index (χ0n) is 22.7. The Bertz CT molecular complexity index is 1470. The number of benzene rings is 2. The fourth-order valence-corrected chi connectivity index (χ4v) is 5.94. The Kier molecular flexibility index (Phi) is 7.37. The molecule has 38 heavy (non-hydrogen) atoms. The van der Waals surface area contributed by atoms with Crippen molar-refractivity contribution in [1.82, 2.24) is 0 Å². The van der Waals surface area contributed by atoms with E-state index in [0.717, 1.165) is 34.5 Å². The van der Waals surface area contributed by atoms with Gasteiger partial charge in [-0.15, -0.1) is 0 Å². The van der Waals surface area contributed by atoms with Crippen LogP contribution in [0.1, 0.15) is 73.3 Å². The fourth-order valence-electron chi connectivity index (χ4n) is 5.94. The first-order chi connectivity index (χ1) is 18.3. The van der Waals surface area contributed by atoms with Gasteiger partial charge in [-0.25, -0.2) is 0 Å². The third kappa shape index (κ3) is 5.38. The number of aryl methyl sites for hydroxylation is 2. The molecule has 2 aromatic rings. The van der Waals surface area contributed by atoms with Crippen molar-refractivity contribution in [2.75, 3.05) is 0 Å². The number of aliphatic imine (C=N–C) groups is 1. The summed E-state index contributed by atoms with van der Waals surface area (Å²) in [5.74, 6) is 0.944.